The Morgan fingerprint density at radius 2 is 1.70 bits per heavy atom. The third-order valence-corrected chi connectivity index (χ3v) is 3.42. The van der Waals surface area contributed by atoms with Gasteiger partial charge >= 0.3 is 0 Å². The molecule has 0 unspecified atom stereocenters. The number of hydrogen-bond donors (Lipinski definition) is 1. The topological polar surface area (TPSA) is 73.8 Å². The molecule has 3 aromatic rings. The summed E-state index contributed by atoms with van der Waals surface area (Å²) < 4.78 is 0. The molecule has 23 heavy (non-hydrogen) atoms. The molecule has 0 spiro atoms. The number of nitrogens with two attached hydrogens (primary N) is 1. The van der Waals surface area contributed by atoms with E-state index in [2.05, 4.69) is 10.2 Å². The van der Waals surface area contributed by atoms with Gasteiger partial charge in [-0.25, -0.2) is 0 Å². The number of aromatic nitrogens is 3. The fraction of sp³-hybridized carbons (Fsp3) is 0.0556. The van der Waals surface area contributed by atoms with E-state index >= 15 is 0 Å². The number of aryl methyl sites for hydroxylation is 1. The summed E-state index contributed by atoms with van der Waals surface area (Å²) in [6.07, 6.45) is 4.01. The summed E-state index contributed by atoms with van der Waals surface area (Å²) in [7, 11) is 0. The number of rotatable bonds is 4. The lowest BCUT2D eigenvalue weighted by Crippen LogP contribution is -2.13. The largest absolute Gasteiger partial charge is 0.364 e. The van der Waals surface area contributed by atoms with Crippen molar-refractivity contribution in [3.8, 4) is 5.69 Å². The van der Waals surface area contributed by atoms with Gasteiger partial charge in [0.25, 0.3) is 5.91 Å². The van der Waals surface area contributed by atoms with Gasteiger partial charge in [-0.2, -0.15) is 5.10 Å². The van der Waals surface area contributed by atoms with Crippen molar-refractivity contribution in [2.75, 3.05) is 0 Å². The summed E-state index contributed by atoms with van der Waals surface area (Å²) in [6, 6.07) is 17.7. The van der Waals surface area contributed by atoms with Crippen molar-refractivity contribution in [2.24, 2.45) is 5.73 Å². The van der Waals surface area contributed by atoms with E-state index in [-0.39, 0.29) is 5.69 Å². The number of benzene rings is 2. The van der Waals surface area contributed by atoms with Crippen molar-refractivity contribution >= 4 is 18.1 Å². The van der Waals surface area contributed by atoms with E-state index in [1.807, 2.05) is 66.7 Å². The van der Waals surface area contributed by atoms with Crippen LogP contribution in [0.3, 0.4) is 0 Å². The van der Waals surface area contributed by atoms with Gasteiger partial charge in [0.15, 0.2) is 5.69 Å². The van der Waals surface area contributed by atoms with E-state index in [0.29, 0.717) is 5.69 Å². The monoisotopic (exact) mass is 304 g/mol. The van der Waals surface area contributed by atoms with Gasteiger partial charge in [0, 0.05) is 5.56 Å². The average molecular weight is 304 g/mol. The van der Waals surface area contributed by atoms with Crippen LogP contribution in [0.25, 0.3) is 17.8 Å². The molecule has 0 atom stereocenters. The van der Waals surface area contributed by atoms with Gasteiger partial charge in [0.2, 0.25) is 0 Å². The molecule has 1 amide bonds. The molecule has 1 heterocycles. The summed E-state index contributed by atoms with van der Waals surface area (Å²) in [4.78, 5) is 12.8. The molecule has 2 N–H and O–H groups in total. The van der Waals surface area contributed by atoms with Gasteiger partial charge in [0.1, 0.15) is 0 Å². The van der Waals surface area contributed by atoms with Gasteiger partial charge in [0.05, 0.1) is 11.4 Å². The lowest BCUT2D eigenvalue weighted by Gasteiger charge is -2.04. The molecule has 0 saturated heterocycles. The molecule has 0 aliphatic rings. The third kappa shape index (κ3) is 3.18. The van der Waals surface area contributed by atoms with Crippen LogP contribution in [0.15, 0.2) is 54.6 Å². The van der Waals surface area contributed by atoms with E-state index < -0.39 is 5.91 Å². The molecule has 3 rings (SSSR count). The molecule has 114 valence electrons. The normalized spacial score (nSPS) is 11.0. The van der Waals surface area contributed by atoms with Crippen molar-refractivity contribution in [3.63, 3.8) is 0 Å². The first-order valence-corrected chi connectivity index (χ1v) is 7.21. The van der Waals surface area contributed by atoms with Crippen molar-refractivity contribution < 1.29 is 4.79 Å². The third-order valence-electron chi connectivity index (χ3n) is 3.42. The van der Waals surface area contributed by atoms with Crippen LogP contribution in [0.4, 0.5) is 0 Å². The van der Waals surface area contributed by atoms with Crippen molar-refractivity contribution in [3.05, 3.63) is 77.1 Å². The first kappa shape index (κ1) is 14.7. The molecule has 5 nitrogen and oxygen atoms in total. The Bertz CT molecular complexity index is 866. The van der Waals surface area contributed by atoms with Gasteiger partial charge < -0.3 is 5.73 Å². The number of primary amides is 1. The second kappa shape index (κ2) is 6.27. The predicted octanol–water partition coefficient (Wildman–Crippen LogP) is 2.85. The zero-order valence-corrected chi connectivity index (χ0v) is 12.7. The van der Waals surface area contributed by atoms with Gasteiger partial charge in [-0.1, -0.05) is 60.7 Å². The maximum absolute atomic E-state index is 11.4. The zero-order chi connectivity index (χ0) is 16.2. The number of nitrogens with zero attached hydrogens (tertiary/aromatic N) is 3. The molecule has 0 fully saturated rings. The minimum Gasteiger partial charge on any atom is -0.364 e. The van der Waals surface area contributed by atoms with Crippen molar-refractivity contribution in [2.45, 2.75) is 6.92 Å². The fourth-order valence-corrected chi connectivity index (χ4v) is 2.27. The minimum atomic E-state index is -0.578. The molecule has 2 aromatic carbocycles. The molecule has 0 aliphatic carbocycles. The summed E-state index contributed by atoms with van der Waals surface area (Å²) in [5.41, 5.74) is 8.85. The minimum absolute atomic E-state index is 0.187. The predicted molar refractivity (Wildman–Crippen MR) is 90.0 cm³/mol. The number of hydrogen-bond acceptors (Lipinski definition) is 3. The van der Waals surface area contributed by atoms with Crippen LogP contribution in [-0.2, 0) is 0 Å². The van der Waals surface area contributed by atoms with Gasteiger partial charge in [-0.15, -0.1) is 9.90 Å². The Balaban J connectivity index is 2.00. The highest BCUT2D eigenvalue weighted by molar-refractivity contribution is 5.91. The highest BCUT2D eigenvalue weighted by Crippen LogP contribution is 2.17. The average Bonchev–Trinajstić information content (AvgIpc) is 2.96. The highest BCUT2D eigenvalue weighted by Gasteiger charge is 2.14. The smallest absolute Gasteiger partial charge is 0.271 e. The SMILES string of the molecule is Cc1nn(-c2ccccc2C=Cc2ccccc2)nc1C(N)=O. The molecule has 0 radical (unpaired) electrons. The van der Waals surface area contributed by atoms with Crippen molar-refractivity contribution in [1.82, 2.24) is 15.0 Å². The number of para-hydroxylation sites is 1. The van der Waals surface area contributed by atoms with E-state index in [1.54, 1.807) is 6.92 Å². The molecule has 0 aliphatic heterocycles. The second-order valence-corrected chi connectivity index (χ2v) is 5.09. The molecular formula is C18H16N4O. The lowest BCUT2D eigenvalue weighted by molar-refractivity contribution is 0.0994. The van der Waals surface area contributed by atoms with Gasteiger partial charge in [-0.3, -0.25) is 4.79 Å². The van der Waals surface area contributed by atoms with Crippen LogP contribution in [0.1, 0.15) is 27.3 Å². The van der Waals surface area contributed by atoms with E-state index in [9.17, 15) is 4.79 Å². The summed E-state index contributed by atoms with van der Waals surface area (Å²) >= 11 is 0. The van der Waals surface area contributed by atoms with Gasteiger partial charge in [-0.05, 0) is 18.6 Å². The van der Waals surface area contributed by atoms with Crippen LogP contribution >= 0.6 is 0 Å². The fourth-order valence-electron chi connectivity index (χ4n) is 2.27. The quantitative estimate of drug-likeness (QED) is 0.753. The molecule has 5 heteroatoms. The van der Waals surface area contributed by atoms with Crippen LogP contribution in [-0.4, -0.2) is 20.9 Å². The summed E-state index contributed by atoms with van der Waals surface area (Å²) in [5.74, 6) is -0.578. The number of carbonyl (C=O) groups is 1. The van der Waals surface area contributed by atoms with Crippen LogP contribution in [0.2, 0.25) is 0 Å². The van der Waals surface area contributed by atoms with Crippen LogP contribution < -0.4 is 5.73 Å². The van der Waals surface area contributed by atoms with E-state index in [1.165, 1.54) is 4.80 Å². The zero-order valence-electron chi connectivity index (χ0n) is 12.7. The highest BCUT2D eigenvalue weighted by atomic mass is 16.1. The maximum Gasteiger partial charge on any atom is 0.271 e. The Morgan fingerprint density at radius 1 is 1.00 bits per heavy atom. The Labute approximate surface area is 134 Å². The van der Waals surface area contributed by atoms with Crippen molar-refractivity contribution in [1.29, 1.82) is 0 Å². The molecule has 0 saturated carbocycles. The molecule has 1 aromatic heterocycles. The standard InChI is InChI=1S/C18H16N4O/c1-13-17(18(19)23)21-22(20-13)16-10-6-5-9-15(16)12-11-14-7-3-2-4-8-14/h2-12H,1H3,(H2,19,23). The number of amides is 1. The second-order valence-electron chi connectivity index (χ2n) is 5.09. The summed E-state index contributed by atoms with van der Waals surface area (Å²) in [5, 5.41) is 8.48. The first-order chi connectivity index (χ1) is 11.1. The number of carbonyl (C=O) groups excluding carboxylic acids is 1. The van der Waals surface area contributed by atoms with E-state index in [4.69, 9.17) is 5.73 Å². The summed E-state index contributed by atoms with van der Waals surface area (Å²) in [6.45, 7) is 1.71. The molecular weight excluding hydrogens is 288 g/mol. The Kier molecular flexibility index (Phi) is 4.01. The Hall–Kier alpha value is -3.21. The van der Waals surface area contributed by atoms with Crippen LogP contribution in [0, 0.1) is 6.92 Å². The molecule has 0 bridgehead atoms. The van der Waals surface area contributed by atoms with E-state index in [0.717, 1.165) is 16.8 Å². The maximum atomic E-state index is 11.4. The Morgan fingerprint density at radius 3 is 2.39 bits per heavy atom. The first-order valence-electron chi connectivity index (χ1n) is 7.21. The lowest BCUT2D eigenvalue weighted by atomic mass is 10.1. The van der Waals surface area contributed by atoms with Crippen LogP contribution in [0.5, 0.6) is 0 Å².